The summed E-state index contributed by atoms with van der Waals surface area (Å²) < 4.78 is 5.22. The molecule has 19 heavy (non-hydrogen) atoms. The van der Waals surface area contributed by atoms with Crippen LogP contribution in [0, 0.1) is 6.92 Å². The van der Waals surface area contributed by atoms with Crippen molar-refractivity contribution in [3.63, 3.8) is 0 Å². The van der Waals surface area contributed by atoms with Crippen molar-refractivity contribution in [1.29, 1.82) is 0 Å². The highest BCUT2D eigenvalue weighted by Gasteiger charge is 2.19. The second-order valence-electron chi connectivity index (χ2n) is 6.38. The molecule has 0 aromatic heterocycles. The largest absolute Gasteiger partial charge is 0.444 e. The van der Waals surface area contributed by atoms with E-state index in [0.29, 0.717) is 5.69 Å². The van der Waals surface area contributed by atoms with Gasteiger partial charge in [-0.2, -0.15) is 0 Å². The van der Waals surface area contributed by atoms with Gasteiger partial charge in [-0.1, -0.05) is 6.07 Å². The molecule has 4 heteroatoms. The van der Waals surface area contributed by atoms with Crippen molar-refractivity contribution in [1.82, 2.24) is 0 Å². The van der Waals surface area contributed by atoms with Crippen LogP contribution in [0.3, 0.4) is 0 Å². The van der Waals surface area contributed by atoms with Gasteiger partial charge in [-0.05, 0) is 64.8 Å². The first-order chi connectivity index (χ1) is 8.49. The standard InChI is InChI=1S/C15H24N2O2/c1-10-7-8-11(9-12(10)15(5,6)16)17-13(18)19-14(2,3)4/h7-9H,16H2,1-6H3,(H,17,18). The van der Waals surface area contributed by atoms with Gasteiger partial charge in [0.25, 0.3) is 0 Å². The van der Waals surface area contributed by atoms with Crippen LogP contribution >= 0.6 is 0 Å². The Labute approximate surface area is 115 Å². The lowest BCUT2D eigenvalue weighted by molar-refractivity contribution is 0.0636. The molecule has 0 spiro atoms. The molecule has 0 aliphatic heterocycles. The first-order valence-electron chi connectivity index (χ1n) is 6.39. The topological polar surface area (TPSA) is 64.3 Å². The Morgan fingerprint density at radius 3 is 2.26 bits per heavy atom. The van der Waals surface area contributed by atoms with Gasteiger partial charge in [0.1, 0.15) is 5.60 Å². The van der Waals surface area contributed by atoms with Crippen LogP contribution in [0.4, 0.5) is 10.5 Å². The van der Waals surface area contributed by atoms with Crippen LogP contribution < -0.4 is 11.1 Å². The molecule has 0 aliphatic carbocycles. The highest BCUT2D eigenvalue weighted by molar-refractivity contribution is 5.85. The Hall–Kier alpha value is -1.55. The van der Waals surface area contributed by atoms with E-state index in [-0.39, 0.29) is 0 Å². The van der Waals surface area contributed by atoms with Gasteiger partial charge in [0.2, 0.25) is 0 Å². The van der Waals surface area contributed by atoms with E-state index < -0.39 is 17.2 Å². The van der Waals surface area contributed by atoms with Crippen LogP contribution in [0.1, 0.15) is 45.7 Å². The lowest BCUT2D eigenvalue weighted by Gasteiger charge is -2.23. The Balaban J connectivity index is 2.89. The smallest absolute Gasteiger partial charge is 0.412 e. The zero-order valence-corrected chi connectivity index (χ0v) is 12.6. The normalized spacial score (nSPS) is 12.2. The number of hydrogen-bond donors (Lipinski definition) is 2. The lowest BCUT2D eigenvalue weighted by Crippen LogP contribution is -2.30. The number of benzene rings is 1. The van der Waals surface area contributed by atoms with Crippen LogP contribution in [-0.2, 0) is 10.3 Å². The molecule has 3 N–H and O–H groups in total. The van der Waals surface area contributed by atoms with E-state index in [1.807, 2.05) is 59.7 Å². The Bertz CT molecular complexity index is 468. The molecule has 0 bridgehead atoms. The van der Waals surface area contributed by atoms with Crippen LogP contribution in [0.25, 0.3) is 0 Å². The van der Waals surface area contributed by atoms with Crippen molar-refractivity contribution in [2.45, 2.75) is 52.7 Å². The van der Waals surface area contributed by atoms with E-state index in [9.17, 15) is 4.79 Å². The third kappa shape index (κ3) is 4.91. The average Bonchev–Trinajstić information content (AvgIpc) is 2.16. The van der Waals surface area contributed by atoms with E-state index in [4.69, 9.17) is 10.5 Å². The number of anilines is 1. The van der Waals surface area contributed by atoms with Crippen molar-refractivity contribution < 1.29 is 9.53 Å². The molecule has 106 valence electrons. The predicted molar refractivity (Wildman–Crippen MR) is 78.2 cm³/mol. The van der Waals surface area contributed by atoms with Gasteiger partial charge in [-0.3, -0.25) is 5.32 Å². The third-order valence-corrected chi connectivity index (χ3v) is 2.58. The van der Waals surface area contributed by atoms with Crippen LogP contribution in [0.5, 0.6) is 0 Å². The van der Waals surface area contributed by atoms with Crippen molar-refractivity contribution >= 4 is 11.8 Å². The summed E-state index contributed by atoms with van der Waals surface area (Å²) in [5.74, 6) is 0. The molecule has 0 atom stereocenters. The predicted octanol–water partition coefficient (Wildman–Crippen LogP) is 3.54. The minimum Gasteiger partial charge on any atom is -0.444 e. The third-order valence-electron chi connectivity index (χ3n) is 2.58. The lowest BCUT2D eigenvalue weighted by atomic mass is 9.91. The maximum atomic E-state index is 11.7. The second kappa shape index (κ2) is 5.21. The van der Waals surface area contributed by atoms with E-state index in [0.717, 1.165) is 11.1 Å². The zero-order chi connectivity index (χ0) is 14.8. The zero-order valence-electron chi connectivity index (χ0n) is 12.6. The summed E-state index contributed by atoms with van der Waals surface area (Å²) in [6.07, 6.45) is -0.461. The fourth-order valence-electron chi connectivity index (χ4n) is 1.82. The molecule has 1 rings (SSSR count). The molecule has 0 aliphatic rings. The number of carbonyl (C=O) groups excluding carboxylic acids is 1. The van der Waals surface area contributed by atoms with Crippen molar-refractivity contribution in [3.05, 3.63) is 29.3 Å². The summed E-state index contributed by atoms with van der Waals surface area (Å²) in [5, 5.41) is 2.72. The highest BCUT2D eigenvalue weighted by atomic mass is 16.6. The van der Waals surface area contributed by atoms with Gasteiger partial charge in [-0.25, -0.2) is 4.79 Å². The molecule has 0 heterocycles. The summed E-state index contributed by atoms with van der Waals surface area (Å²) >= 11 is 0. The molecule has 1 amide bonds. The Morgan fingerprint density at radius 2 is 1.79 bits per heavy atom. The minimum absolute atomic E-state index is 0.449. The number of aryl methyl sites for hydroxylation is 1. The maximum Gasteiger partial charge on any atom is 0.412 e. The van der Waals surface area contributed by atoms with E-state index in [1.165, 1.54) is 0 Å². The highest BCUT2D eigenvalue weighted by Crippen LogP contribution is 2.24. The fourth-order valence-corrected chi connectivity index (χ4v) is 1.82. The van der Waals surface area contributed by atoms with Crippen molar-refractivity contribution in [2.75, 3.05) is 5.32 Å². The van der Waals surface area contributed by atoms with Gasteiger partial charge >= 0.3 is 6.09 Å². The second-order valence-corrected chi connectivity index (χ2v) is 6.38. The van der Waals surface area contributed by atoms with E-state index in [2.05, 4.69) is 5.32 Å². The summed E-state index contributed by atoms with van der Waals surface area (Å²) in [4.78, 5) is 11.7. The van der Waals surface area contributed by atoms with Gasteiger partial charge in [-0.15, -0.1) is 0 Å². The summed E-state index contributed by atoms with van der Waals surface area (Å²) in [6.45, 7) is 11.4. The number of rotatable bonds is 2. The van der Waals surface area contributed by atoms with Gasteiger partial charge in [0.15, 0.2) is 0 Å². The van der Waals surface area contributed by atoms with Crippen LogP contribution in [0.15, 0.2) is 18.2 Å². The molecule has 0 fully saturated rings. The maximum absolute atomic E-state index is 11.7. The van der Waals surface area contributed by atoms with Crippen molar-refractivity contribution in [2.24, 2.45) is 5.73 Å². The molecular formula is C15H24N2O2. The molecular weight excluding hydrogens is 240 g/mol. The molecule has 1 aromatic carbocycles. The van der Waals surface area contributed by atoms with Gasteiger partial charge in [0.05, 0.1) is 0 Å². The first-order valence-corrected chi connectivity index (χ1v) is 6.39. The quantitative estimate of drug-likeness (QED) is 0.858. The average molecular weight is 264 g/mol. The van der Waals surface area contributed by atoms with Gasteiger partial charge < -0.3 is 10.5 Å². The van der Waals surface area contributed by atoms with Crippen LogP contribution in [-0.4, -0.2) is 11.7 Å². The molecule has 0 saturated carbocycles. The molecule has 0 saturated heterocycles. The SMILES string of the molecule is Cc1ccc(NC(=O)OC(C)(C)C)cc1C(C)(C)N. The number of hydrogen-bond acceptors (Lipinski definition) is 3. The summed E-state index contributed by atoms with van der Waals surface area (Å²) in [5.41, 5.74) is 7.95. The fraction of sp³-hybridized carbons (Fsp3) is 0.533. The number of nitrogens with one attached hydrogen (secondary N) is 1. The summed E-state index contributed by atoms with van der Waals surface area (Å²) in [7, 11) is 0. The van der Waals surface area contributed by atoms with E-state index >= 15 is 0 Å². The van der Waals surface area contributed by atoms with Gasteiger partial charge in [0, 0.05) is 11.2 Å². The Kier molecular flexibility index (Phi) is 4.25. The molecule has 4 nitrogen and oxygen atoms in total. The number of nitrogens with two attached hydrogens (primary N) is 1. The number of amides is 1. The summed E-state index contributed by atoms with van der Waals surface area (Å²) in [6, 6.07) is 5.67. The minimum atomic E-state index is -0.509. The van der Waals surface area contributed by atoms with Crippen LogP contribution in [0.2, 0.25) is 0 Å². The number of carbonyl (C=O) groups is 1. The monoisotopic (exact) mass is 264 g/mol. The number of ether oxygens (including phenoxy) is 1. The molecule has 0 radical (unpaired) electrons. The Morgan fingerprint density at radius 1 is 1.21 bits per heavy atom. The van der Waals surface area contributed by atoms with Crippen molar-refractivity contribution in [3.8, 4) is 0 Å². The first kappa shape index (κ1) is 15.5. The van der Waals surface area contributed by atoms with E-state index in [1.54, 1.807) is 0 Å². The molecule has 0 unspecified atom stereocenters. The molecule has 1 aromatic rings.